The zero-order valence-corrected chi connectivity index (χ0v) is 12.2. The van der Waals surface area contributed by atoms with E-state index in [0.29, 0.717) is 18.9 Å². The highest BCUT2D eigenvalue weighted by molar-refractivity contribution is 5.85. The molecule has 0 aromatic rings. The number of amides is 2. The van der Waals surface area contributed by atoms with Crippen LogP contribution in [-0.2, 0) is 9.59 Å². The van der Waals surface area contributed by atoms with Gasteiger partial charge in [0.1, 0.15) is 0 Å². The van der Waals surface area contributed by atoms with Gasteiger partial charge in [0.25, 0.3) is 0 Å². The molecule has 5 nitrogen and oxygen atoms in total. The zero-order chi connectivity index (χ0) is 12.9. The maximum atomic E-state index is 11.5. The highest BCUT2D eigenvalue weighted by atomic mass is 35.5. The maximum absolute atomic E-state index is 11.5. The molecule has 0 saturated carbocycles. The van der Waals surface area contributed by atoms with Crippen molar-refractivity contribution in [2.45, 2.75) is 27.2 Å². The predicted molar refractivity (Wildman–Crippen MR) is 73.7 cm³/mol. The average Bonchev–Trinajstić information content (AvgIpc) is 2.09. The second-order valence-electron chi connectivity index (χ2n) is 5.84. The fourth-order valence-electron chi connectivity index (χ4n) is 1.54. The van der Waals surface area contributed by atoms with Crippen LogP contribution in [0.4, 0.5) is 0 Å². The molecule has 1 saturated heterocycles. The van der Waals surface area contributed by atoms with Crippen molar-refractivity contribution in [3.05, 3.63) is 0 Å². The van der Waals surface area contributed by atoms with Gasteiger partial charge in [-0.2, -0.15) is 0 Å². The number of rotatable bonds is 5. The highest BCUT2D eigenvalue weighted by Gasteiger charge is 2.18. The molecule has 1 rings (SSSR count). The molecule has 2 amide bonds. The molecule has 1 aliphatic rings. The number of halogens is 1. The van der Waals surface area contributed by atoms with Crippen molar-refractivity contribution in [1.82, 2.24) is 16.0 Å². The van der Waals surface area contributed by atoms with Crippen molar-refractivity contribution in [3.63, 3.8) is 0 Å². The number of carbonyl (C=O) groups excluding carboxylic acids is 2. The van der Waals surface area contributed by atoms with E-state index in [-0.39, 0.29) is 36.2 Å². The Labute approximate surface area is 115 Å². The predicted octanol–water partition coefficient (Wildman–Crippen LogP) is 0.296. The van der Waals surface area contributed by atoms with Gasteiger partial charge in [0, 0.05) is 32.0 Å². The molecule has 1 heterocycles. The van der Waals surface area contributed by atoms with Gasteiger partial charge in [-0.1, -0.05) is 20.8 Å². The van der Waals surface area contributed by atoms with Gasteiger partial charge in [-0.25, -0.2) is 0 Å². The quantitative estimate of drug-likeness (QED) is 0.677. The third-order valence-electron chi connectivity index (χ3n) is 2.59. The summed E-state index contributed by atoms with van der Waals surface area (Å²) >= 11 is 0. The largest absolute Gasteiger partial charge is 0.354 e. The van der Waals surface area contributed by atoms with Crippen molar-refractivity contribution >= 4 is 24.2 Å². The first-order valence-electron chi connectivity index (χ1n) is 6.11. The maximum Gasteiger partial charge on any atom is 0.239 e. The smallest absolute Gasteiger partial charge is 0.239 e. The molecular formula is C12H24ClN3O2. The lowest BCUT2D eigenvalue weighted by Gasteiger charge is -2.27. The fraction of sp³-hybridized carbons (Fsp3) is 0.833. The lowest BCUT2D eigenvalue weighted by Crippen LogP contribution is -2.49. The van der Waals surface area contributed by atoms with E-state index in [1.807, 2.05) is 20.8 Å². The van der Waals surface area contributed by atoms with E-state index in [1.54, 1.807) is 0 Å². The molecule has 0 radical (unpaired) electrons. The summed E-state index contributed by atoms with van der Waals surface area (Å²) in [5.41, 5.74) is -0.0435. The van der Waals surface area contributed by atoms with Crippen LogP contribution < -0.4 is 16.0 Å². The van der Waals surface area contributed by atoms with E-state index in [1.165, 1.54) is 0 Å². The molecule has 18 heavy (non-hydrogen) atoms. The lowest BCUT2D eigenvalue weighted by molar-refractivity contribution is -0.127. The van der Waals surface area contributed by atoms with Crippen LogP contribution in [0.2, 0.25) is 0 Å². The highest BCUT2D eigenvalue weighted by Crippen LogP contribution is 2.17. The van der Waals surface area contributed by atoms with E-state index in [0.717, 1.165) is 13.1 Å². The summed E-state index contributed by atoms with van der Waals surface area (Å²) in [7, 11) is 0. The molecule has 0 spiro atoms. The van der Waals surface area contributed by atoms with Crippen molar-refractivity contribution in [2.24, 2.45) is 11.3 Å². The first-order valence-corrected chi connectivity index (χ1v) is 6.11. The Morgan fingerprint density at radius 3 is 2.22 bits per heavy atom. The normalized spacial score (nSPS) is 15.3. The van der Waals surface area contributed by atoms with Gasteiger partial charge in [0.05, 0.1) is 6.54 Å². The van der Waals surface area contributed by atoms with Crippen LogP contribution in [0.3, 0.4) is 0 Å². The van der Waals surface area contributed by atoms with Crippen LogP contribution in [0.1, 0.15) is 27.2 Å². The molecule has 3 N–H and O–H groups in total. The average molecular weight is 278 g/mol. The molecular weight excluding hydrogens is 254 g/mol. The Hall–Kier alpha value is -0.810. The monoisotopic (exact) mass is 277 g/mol. The number of carbonyl (C=O) groups is 2. The van der Waals surface area contributed by atoms with Crippen LogP contribution in [-0.4, -0.2) is 38.0 Å². The molecule has 1 aliphatic heterocycles. The van der Waals surface area contributed by atoms with E-state index in [2.05, 4.69) is 16.0 Å². The molecule has 0 aromatic carbocycles. The van der Waals surface area contributed by atoms with Gasteiger partial charge < -0.3 is 16.0 Å². The van der Waals surface area contributed by atoms with E-state index >= 15 is 0 Å². The second-order valence-corrected chi connectivity index (χ2v) is 5.84. The Bertz CT molecular complexity index is 286. The Kier molecular flexibility index (Phi) is 7.25. The van der Waals surface area contributed by atoms with Crippen LogP contribution in [0.15, 0.2) is 0 Å². The zero-order valence-electron chi connectivity index (χ0n) is 11.3. The first kappa shape index (κ1) is 17.2. The summed E-state index contributed by atoms with van der Waals surface area (Å²) in [6, 6.07) is 0. The minimum Gasteiger partial charge on any atom is -0.354 e. The van der Waals surface area contributed by atoms with Crippen LogP contribution >= 0.6 is 12.4 Å². The van der Waals surface area contributed by atoms with Crippen molar-refractivity contribution in [1.29, 1.82) is 0 Å². The second kappa shape index (κ2) is 7.59. The SMILES string of the molecule is CC(C)(C)CC(=O)NCC(=O)NCC1CNC1.Cl. The molecule has 0 aliphatic carbocycles. The van der Waals surface area contributed by atoms with Gasteiger partial charge >= 0.3 is 0 Å². The van der Waals surface area contributed by atoms with E-state index in [9.17, 15) is 9.59 Å². The van der Waals surface area contributed by atoms with Gasteiger partial charge in [0.15, 0.2) is 0 Å². The number of hydrogen-bond acceptors (Lipinski definition) is 3. The van der Waals surface area contributed by atoms with Gasteiger partial charge in [-0.05, 0) is 5.41 Å². The first-order chi connectivity index (χ1) is 7.87. The summed E-state index contributed by atoms with van der Waals surface area (Å²) in [5, 5.41) is 8.58. The molecule has 1 fully saturated rings. The molecule has 0 aromatic heterocycles. The van der Waals surface area contributed by atoms with Gasteiger partial charge in [0.2, 0.25) is 11.8 Å². The van der Waals surface area contributed by atoms with Crippen molar-refractivity contribution in [2.75, 3.05) is 26.2 Å². The molecule has 0 unspecified atom stereocenters. The van der Waals surface area contributed by atoms with Gasteiger partial charge in [-0.15, -0.1) is 12.4 Å². The van der Waals surface area contributed by atoms with Crippen LogP contribution in [0.25, 0.3) is 0 Å². The topological polar surface area (TPSA) is 70.2 Å². The minimum atomic E-state index is -0.112. The summed E-state index contributed by atoms with van der Waals surface area (Å²) in [6.07, 6.45) is 0.437. The standard InChI is InChI=1S/C12H23N3O2.ClH/c1-12(2,3)4-10(16)15-8-11(17)14-7-9-5-13-6-9;/h9,13H,4-8H2,1-3H3,(H,14,17)(H,15,16);1H. The van der Waals surface area contributed by atoms with E-state index < -0.39 is 0 Å². The fourth-order valence-corrected chi connectivity index (χ4v) is 1.54. The Morgan fingerprint density at radius 2 is 1.78 bits per heavy atom. The number of hydrogen-bond donors (Lipinski definition) is 3. The minimum absolute atomic E-state index is 0. The summed E-state index contributed by atoms with van der Waals surface area (Å²) in [4.78, 5) is 22.9. The van der Waals surface area contributed by atoms with Crippen LogP contribution in [0, 0.1) is 11.3 Å². The van der Waals surface area contributed by atoms with Gasteiger partial charge in [-0.3, -0.25) is 9.59 Å². The summed E-state index contributed by atoms with van der Waals surface area (Å²) < 4.78 is 0. The van der Waals surface area contributed by atoms with Crippen molar-refractivity contribution in [3.8, 4) is 0 Å². The Morgan fingerprint density at radius 1 is 1.17 bits per heavy atom. The third-order valence-corrected chi connectivity index (χ3v) is 2.59. The Balaban J connectivity index is 0.00000289. The van der Waals surface area contributed by atoms with E-state index in [4.69, 9.17) is 0 Å². The third kappa shape index (κ3) is 7.50. The molecule has 106 valence electrons. The molecule has 0 atom stereocenters. The number of nitrogens with one attached hydrogen (secondary N) is 3. The van der Waals surface area contributed by atoms with Crippen LogP contribution in [0.5, 0.6) is 0 Å². The van der Waals surface area contributed by atoms with Crippen molar-refractivity contribution < 1.29 is 9.59 Å². The molecule has 6 heteroatoms. The summed E-state index contributed by atoms with van der Waals surface area (Å²) in [6.45, 7) is 8.70. The molecule has 0 bridgehead atoms. The summed E-state index contributed by atoms with van der Waals surface area (Å²) in [5.74, 6) is 0.362. The lowest BCUT2D eigenvalue weighted by atomic mass is 9.92.